The minimum Gasteiger partial charge on any atom is -0.493 e. The van der Waals surface area contributed by atoms with Gasteiger partial charge in [0, 0.05) is 6.54 Å². The third kappa shape index (κ3) is 4.04. The molecule has 0 radical (unpaired) electrons. The number of halogens is 1. The number of ether oxygens (including phenoxy) is 2. The van der Waals surface area contributed by atoms with Crippen molar-refractivity contribution in [3.05, 3.63) is 35.7 Å². The summed E-state index contributed by atoms with van der Waals surface area (Å²) in [5, 5.41) is 0. The van der Waals surface area contributed by atoms with Gasteiger partial charge in [-0.1, -0.05) is 6.07 Å². The van der Waals surface area contributed by atoms with Gasteiger partial charge in [0.05, 0.1) is 20.5 Å². The van der Waals surface area contributed by atoms with E-state index < -0.39 is 0 Å². The molecule has 0 fully saturated rings. The first-order chi connectivity index (χ1) is 8.74. The lowest BCUT2D eigenvalue weighted by Gasteiger charge is -2.09. The molecule has 1 rings (SSSR count). The highest BCUT2D eigenvalue weighted by atomic mass is 19.1. The number of hydrogen-bond acceptors (Lipinski definition) is 3. The Hall–Kier alpha value is -1.55. The lowest BCUT2D eigenvalue weighted by Crippen LogP contribution is -2.03. The molecule has 0 aliphatic rings. The quantitative estimate of drug-likeness (QED) is 0.812. The van der Waals surface area contributed by atoms with Gasteiger partial charge in [-0.2, -0.15) is 0 Å². The average Bonchev–Trinajstić information content (AvgIpc) is 2.43. The molecule has 100 valence electrons. The van der Waals surface area contributed by atoms with Gasteiger partial charge in [-0.15, -0.1) is 0 Å². The molecule has 0 aliphatic heterocycles. The van der Waals surface area contributed by atoms with Crippen LogP contribution in [-0.2, 0) is 6.42 Å². The van der Waals surface area contributed by atoms with Crippen molar-refractivity contribution in [1.82, 2.24) is 0 Å². The van der Waals surface area contributed by atoms with Gasteiger partial charge in [0.25, 0.3) is 0 Å². The largest absolute Gasteiger partial charge is 0.493 e. The summed E-state index contributed by atoms with van der Waals surface area (Å²) in [7, 11) is 3.22. The SMILES string of the molecule is COc1ccc(CCC/C(=C\F)CN)cc1OC. The van der Waals surface area contributed by atoms with Gasteiger partial charge in [0.15, 0.2) is 11.5 Å². The first-order valence-corrected chi connectivity index (χ1v) is 5.94. The van der Waals surface area contributed by atoms with Crippen LogP contribution in [0.5, 0.6) is 11.5 Å². The monoisotopic (exact) mass is 253 g/mol. The summed E-state index contributed by atoms with van der Waals surface area (Å²) in [4.78, 5) is 0. The van der Waals surface area contributed by atoms with Crippen molar-refractivity contribution in [2.75, 3.05) is 20.8 Å². The maximum absolute atomic E-state index is 12.3. The van der Waals surface area contributed by atoms with Crippen LogP contribution >= 0.6 is 0 Å². The maximum atomic E-state index is 12.3. The summed E-state index contributed by atoms with van der Waals surface area (Å²) in [5.74, 6) is 1.43. The highest BCUT2D eigenvalue weighted by Crippen LogP contribution is 2.28. The van der Waals surface area contributed by atoms with E-state index in [9.17, 15) is 4.39 Å². The van der Waals surface area contributed by atoms with Gasteiger partial charge >= 0.3 is 0 Å². The first-order valence-electron chi connectivity index (χ1n) is 5.94. The summed E-state index contributed by atoms with van der Waals surface area (Å²) >= 11 is 0. The maximum Gasteiger partial charge on any atom is 0.160 e. The molecule has 0 spiro atoms. The van der Waals surface area contributed by atoms with Crippen LogP contribution in [0.1, 0.15) is 18.4 Å². The van der Waals surface area contributed by atoms with Crippen molar-refractivity contribution in [1.29, 1.82) is 0 Å². The molecule has 0 saturated carbocycles. The van der Waals surface area contributed by atoms with Crippen LogP contribution in [0.3, 0.4) is 0 Å². The van der Waals surface area contributed by atoms with Crippen molar-refractivity contribution in [2.24, 2.45) is 5.73 Å². The second-order valence-electron chi connectivity index (χ2n) is 4.01. The Morgan fingerprint density at radius 3 is 2.56 bits per heavy atom. The molecule has 3 nitrogen and oxygen atoms in total. The zero-order valence-corrected chi connectivity index (χ0v) is 10.9. The lowest BCUT2D eigenvalue weighted by atomic mass is 10.0. The zero-order chi connectivity index (χ0) is 13.4. The van der Waals surface area contributed by atoms with Crippen molar-refractivity contribution in [3.8, 4) is 11.5 Å². The summed E-state index contributed by atoms with van der Waals surface area (Å²) in [6.45, 7) is 0.280. The van der Waals surface area contributed by atoms with Crippen molar-refractivity contribution in [2.45, 2.75) is 19.3 Å². The van der Waals surface area contributed by atoms with Crippen molar-refractivity contribution >= 4 is 0 Å². The Morgan fingerprint density at radius 1 is 1.28 bits per heavy atom. The molecule has 18 heavy (non-hydrogen) atoms. The Balaban J connectivity index is 2.58. The Kier molecular flexibility index (Phi) is 6.22. The third-order valence-electron chi connectivity index (χ3n) is 2.83. The van der Waals surface area contributed by atoms with Crippen LogP contribution in [0.15, 0.2) is 30.1 Å². The molecule has 0 unspecified atom stereocenters. The summed E-state index contributed by atoms with van der Waals surface area (Å²) in [6.07, 6.45) is 3.01. The van der Waals surface area contributed by atoms with E-state index in [1.807, 2.05) is 18.2 Å². The van der Waals surface area contributed by atoms with Crippen LogP contribution in [-0.4, -0.2) is 20.8 Å². The molecule has 2 N–H and O–H groups in total. The molecule has 0 saturated heterocycles. The van der Waals surface area contributed by atoms with Crippen molar-refractivity contribution < 1.29 is 13.9 Å². The normalized spacial score (nSPS) is 11.4. The van der Waals surface area contributed by atoms with Gasteiger partial charge in [0.2, 0.25) is 0 Å². The van der Waals surface area contributed by atoms with E-state index in [4.69, 9.17) is 15.2 Å². The standard InChI is InChI=1S/C14H20FNO2/c1-17-13-7-6-11(8-14(13)18-2)4-3-5-12(9-15)10-16/h6-9H,3-5,10,16H2,1-2H3/b12-9+. The Morgan fingerprint density at radius 2 is 2.00 bits per heavy atom. The topological polar surface area (TPSA) is 44.5 Å². The third-order valence-corrected chi connectivity index (χ3v) is 2.83. The molecule has 0 aliphatic carbocycles. The molecule has 0 heterocycles. The molecular formula is C14H20FNO2. The van der Waals surface area contributed by atoms with E-state index in [1.165, 1.54) is 0 Å². The highest BCUT2D eigenvalue weighted by Gasteiger charge is 2.04. The van der Waals surface area contributed by atoms with Gasteiger partial charge in [-0.05, 0) is 42.5 Å². The predicted octanol–water partition coefficient (Wildman–Crippen LogP) is 2.84. The van der Waals surface area contributed by atoms with Crippen LogP contribution in [0.25, 0.3) is 0 Å². The summed E-state index contributed by atoms with van der Waals surface area (Å²) in [6, 6.07) is 5.81. The molecule has 4 heteroatoms. The summed E-state index contributed by atoms with van der Waals surface area (Å²) < 4.78 is 22.7. The Bertz CT molecular complexity index is 405. The van der Waals surface area contributed by atoms with E-state index in [1.54, 1.807) is 14.2 Å². The van der Waals surface area contributed by atoms with Crippen LogP contribution < -0.4 is 15.2 Å². The Labute approximate surface area is 107 Å². The molecule has 0 atom stereocenters. The fraction of sp³-hybridized carbons (Fsp3) is 0.429. The van der Waals surface area contributed by atoms with Gasteiger partial charge in [0.1, 0.15) is 0 Å². The van der Waals surface area contributed by atoms with E-state index in [0.29, 0.717) is 24.1 Å². The highest BCUT2D eigenvalue weighted by molar-refractivity contribution is 5.42. The second kappa shape index (κ2) is 7.71. The van der Waals surface area contributed by atoms with E-state index in [2.05, 4.69) is 0 Å². The number of methoxy groups -OCH3 is 2. The number of benzene rings is 1. The number of rotatable bonds is 7. The van der Waals surface area contributed by atoms with Crippen LogP contribution in [0.2, 0.25) is 0 Å². The van der Waals surface area contributed by atoms with E-state index >= 15 is 0 Å². The molecule has 1 aromatic carbocycles. The minimum absolute atomic E-state index is 0.280. The number of aryl methyl sites for hydroxylation is 1. The molecule has 1 aromatic rings. The molecule has 0 amide bonds. The lowest BCUT2D eigenvalue weighted by molar-refractivity contribution is 0.354. The van der Waals surface area contributed by atoms with Crippen molar-refractivity contribution in [3.63, 3.8) is 0 Å². The zero-order valence-electron chi connectivity index (χ0n) is 10.9. The predicted molar refractivity (Wildman–Crippen MR) is 70.7 cm³/mol. The fourth-order valence-electron chi connectivity index (χ4n) is 1.76. The number of nitrogens with two attached hydrogens (primary N) is 1. The van der Waals surface area contributed by atoms with Gasteiger partial charge in [-0.3, -0.25) is 0 Å². The van der Waals surface area contributed by atoms with Crippen LogP contribution in [0.4, 0.5) is 4.39 Å². The molecular weight excluding hydrogens is 233 g/mol. The molecule has 0 aromatic heterocycles. The van der Waals surface area contributed by atoms with Gasteiger partial charge < -0.3 is 15.2 Å². The van der Waals surface area contributed by atoms with Gasteiger partial charge in [-0.25, -0.2) is 4.39 Å². The van der Waals surface area contributed by atoms with E-state index in [0.717, 1.165) is 24.2 Å². The minimum atomic E-state index is 0.280. The second-order valence-corrected chi connectivity index (χ2v) is 4.01. The summed E-state index contributed by atoms with van der Waals surface area (Å²) in [5.41, 5.74) is 7.19. The average molecular weight is 253 g/mol. The first kappa shape index (κ1) is 14.5. The molecule has 0 bridgehead atoms. The fourth-order valence-corrected chi connectivity index (χ4v) is 1.76. The number of hydrogen-bond donors (Lipinski definition) is 1. The van der Waals surface area contributed by atoms with E-state index in [-0.39, 0.29) is 6.54 Å². The van der Waals surface area contributed by atoms with Crippen LogP contribution in [0, 0.1) is 0 Å². The smallest absolute Gasteiger partial charge is 0.160 e.